The standard InChI is InChI=1S/C12H14O13.Ca.H3N.2H/c13-5(14)1-11(24,9(20)21)4-8(19)25-12(10(22)23,2-6(15)16)3-7(17)18;;;;/h24H,1-4H2,(H,13,14)(H,15,16)(H,17,18)(H,20,21)(H,22,23);;1H3;;. The molecule has 27 heavy (non-hydrogen) atoms. The maximum absolute atomic E-state index is 11.7. The zero-order chi connectivity index (χ0) is 20.0. The van der Waals surface area contributed by atoms with Crippen molar-refractivity contribution in [2.45, 2.75) is 36.9 Å². The molecule has 0 saturated carbocycles. The molecule has 1 unspecified atom stereocenters. The second-order valence-electron chi connectivity index (χ2n) is 5.00. The topological polar surface area (TPSA) is 268 Å². The number of aliphatic carboxylic acids is 5. The minimum absolute atomic E-state index is 0. The second-order valence-corrected chi connectivity index (χ2v) is 5.00. The van der Waals surface area contributed by atoms with Crippen molar-refractivity contribution in [2.75, 3.05) is 0 Å². The van der Waals surface area contributed by atoms with E-state index in [2.05, 4.69) is 4.74 Å². The van der Waals surface area contributed by atoms with E-state index >= 15 is 0 Å². The Labute approximate surface area is 180 Å². The van der Waals surface area contributed by atoms with Crippen LogP contribution >= 0.6 is 0 Å². The first-order valence-corrected chi connectivity index (χ1v) is 6.30. The Bertz CT molecular complexity index is 602. The summed E-state index contributed by atoms with van der Waals surface area (Å²) in [4.78, 5) is 66.0. The van der Waals surface area contributed by atoms with Crippen molar-refractivity contribution in [3.8, 4) is 0 Å². The van der Waals surface area contributed by atoms with Crippen molar-refractivity contribution >= 4 is 73.6 Å². The van der Waals surface area contributed by atoms with Crippen molar-refractivity contribution in [2.24, 2.45) is 0 Å². The van der Waals surface area contributed by atoms with Gasteiger partial charge in [-0.25, -0.2) is 9.59 Å². The Balaban J connectivity index is -0.00000288. The number of carbonyl (C=O) groups excluding carboxylic acids is 1. The molecule has 0 amide bonds. The summed E-state index contributed by atoms with van der Waals surface area (Å²) >= 11 is 0. The van der Waals surface area contributed by atoms with Gasteiger partial charge in [-0.15, -0.1) is 0 Å². The Kier molecular flexibility index (Phi) is 12.8. The van der Waals surface area contributed by atoms with Crippen LogP contribution in [-0.4, -0.2) is 115 Å². The molecule has 0 radical (unpaired) electrons. The number of esters is 1. The average molecular weight is 425 g/mol. The molecule has 0 aliphatic carbocycles. The molecule has 0 bridgehead atoms. The molecule has 1 atom stereocenters. The minimum atomic E-state index is -3.17. The van der Waals surface area contributed by atoms with Gasteiger partial charge in [0.25, 0.3) is 0 Å². The quantitative estimate of drug-likeness (QED) is 0.130. The fourth-order valence-corrected chi connectivity index (χ4v) is 1.77. The zero-order valence-electron chi connectivity index (χ0n) is 13.1. The van der Waals surface area contributed by atoms with Crippen LogP contribution in [0.2, 0.25) is 0 Å². The number of aliphatic hydroxyl groups is 1. The normalized spacial score (nSPS) is 12.3. The first-order valence-electron chi connectivity index (χ1n) is 6.30. The van der Waals surface area contributed by atoms with E-state index < -0.39 is 72.7 Å². The van der Waals surface area contributed by atoms with Crippen molar-refractivity contribution in [1.82, 2.24) is 6.15 Å². The van der Waals surface area contributed by atoms with Crippen LogP contribution in [0.4, 0.5) is 0 Å². The summed E-state index contributed by atoms with van der Waals surface area (Å²) in [7, 11) is 0. The SMILES string of the molecule is N.O=C(O)CC(O)(CC(=O)OC(CC(=O)O)(CC(=O)O)C(=O)O)C(=O)O.[CaH2]. The van der Waals surface area contributed by atoms with Gasteiger partial charge in [-0.05, 0) is 0 Å². The monoisotopic (exact) mass is 425 g/mol. The van der Waals surface area contributed by atoms with Crippen LogP contribution in [0.3, 0.4) is 0 Å². The summed E-state index contributed by atoms with van der Waals surface area (Å²) in [5.41, 5.74) is -6.24. The van der Waals surface area contributed by atoms with E-state index in [1.54, 1.807) is 0 Å². The van der Waals surface area contributed by atoms with Gasteiger partial charge in [0.1, 0.15) is 0 Å². The molecule has 9 N–H and O–H groups in total. The predicted molar refractivity (Wildman–Crippen MR) is 84.0 cm³/mol. The molecule has 0 aromatic heterocycles. The molecule has 0 aromatic carbocycles. The number of carbonyl (C=O) groups is 6. The second kappa shape index (κ2) is 11.7. The predicted octanol–water partition coefficient (Wildman–Crippen LogP) is -2.77. The van der Waals surface area contributed by atoms with Crippen LogP contribution in [0, 0.1) is 0 Å². The molecule has 0 fully saturated rings. The summed E-state index contributed by atoms with van der Waals surface area (Å²) in [5, 5.41) is 53.5. The molecule has 0 spiro atoms. The molecular weight excluding hydrogens is 406 g/mol. The van der Waals surface area contributed by atoms with Crippen molar-refractivity contribution < 1.29 is 64.1 Å². The molecule has 152 valence electrons. The average Bonchev–Trinajstić information content (AvgIpc) is 2.34. The van der Waals surface area contributed by atoms with Crippen LogP contribution in [0.25, 0.3) is 0 Å². The molecule has 0 aliphatic heterocycles. The van der Waals surface area contributed by atoms with E-state index in [1.165, 1.54) is 0 Å². The third-order valence-electron chi connectivity index (χ3n) is 2.85. The van der Waals surface area contributed by atoms with Gasteiger partial charge in [0, 0.05) is 0 Å². The van der Waals surface area contributed by atoms with E-state index in [0.29, 0.717) is 0 Å². The zero-order valence-corrected chi connectivity index (χ0v) is 13.1. The fraction of sp³-hybridized carbons (Fsp3) is 0.500. The van der Waals surface area contributed by atoms with Gasteiger partial charge in [-0.2, -0.15) is 0 Å². The van der Waals surface area contributed by atoms with Gasteiger partial charge < -0.3 is 41.5 Å². The third-order valence-corrected chi connectivity index (χ3v) is 2.85. The Hall–Kier alpha value is -2.00. The molecule has 0 aliphatic rings. The van der Waals surface area contributed by atoms with Gasteiger partial charge >= 0.3 is 73.6 Å². The summed E-state index contributed by atoms with van der Waals surface area (Å²) in [5.74, 6) is -11.6. The number of rotatable bonds is 11. The molecule has 0 heterocycles. The number of ether oxygens (including phenoxy) is 1. The summed E-state index contributed by atoms with van der Waals surface area (Å²) < 4.78 is 4.33. The van der Waals surface area contributed by atoms with Gasteiger partial charge in [-0.1, -0.05) is 0 Å². The first-order chi connectivity index (χ1) is 11.2. The summed E-state index contributed by atoms with van der Waals surface area (Å²) in [6.45, 7) is 0. The molecule has 14 nitrogen and oxygen atoms in total. The van der Waals surface area contributed by atoms with Crippen molar-refractivity contribution in [3.63, 3.8) is 0 Å². The number of carboxylic acids is 5. The van der Waals surface area contributed by atoms with E-state index in [9.17, 15) is 33.9 Å². The molecule has 0 aromatic rings. The van der Waals surface area contributed by atoms with Crippen molar-refractivity contribution in [1.29, 1.82) is 0 Å². The molecule has 15 heteroatoms. The number of hydrogen-bond acceptors (Lipinski definition) is 9. The first kappa shape index (κ1) is 29.8. The third kappa shape index (κ3) is 9.48. The van der Waals surface area contributed by atoms with E-state index in [-0.39, 0.29) is 43.9 Å². The van der Waals surface area contributed by atoms with Crippen LogP contribution in [0.5, 0.6) is 0 Å². The Morgan fingerprint density at radius 1 is 0.667 bits per heavy atom. The fourth-order valence-electron chi connectivity index (χ4n) is 1.77. The van der Waals surface area contributed by atoms with Crippen LogP contribution in [0.1, 0.15) is 25.7 Å². The molecule has 0 saturated heterocycles. The summed E-state index contributed by atoms with van der Waals surface area (Å²) in [6.07, 6.45) is -5.94. The molecular formula is C12H19CaNO13. The van der Waals surface area contributed by atoms with E-state index in [4.69, 9.17) is 25.5 Å². The Morgan fingerprint density at radius 2 is 1.04 bits per heavy atom. The van der Waals surface area contributed by atoms with Crippen LogP contribution in [-0.2, 0) is 33.5 Å². The van der Waals surface area contributed by atoms with E-state index in [0.717, 1.165) is 0 Å². The van der Waals surface area contributed by atoms with Gasteiger partial charge in [0.15, 0.2) is 5.60 Å². The van der Waals surface area contributed by atoms with Gasteiger partial charge in [0.05, 0.1) is 25.7 Å². The Morgan fingerprint density at radius 3 is 1.30 bits per heavy atom. The summed E-state index contributed by atoms with van der Waals surface area (Å²) in [6, 6.07) is 0. The molecule has 0 rings (SSSR count). The number of hydrogen-bond donors (Lipinski definition) is 7. The maximum atomic E-state index is 11.7. The van der Waals surface area contributed by atoms with Gasteiger partial charge in [0.2, 0.25) is 5.60 Å². The van der Waals surface area contributed by atoms with Crippen LogP contribution in [0.15, 0.2) is 0 Å². The van der Waals surface area contributed by atoms with Gasteiger partial charge in [-0.3, -0.25) is 19.2 Å². The van der Waals surface area contributed by atoms with Crippen molar-refractivity contribution in [3.05, 3.63) is 0 Å². The van der Waals surface area contributed by atoms with Crippen LogP contribution < -0.4 is 6.15 Å². The van der Waals surface area contributed by atoms with E-state index in [1.807, 2.05) is 0 Å². The number of carboxylic acid groups (broad SMARTS) is 5.